The molecule has 0 fully saturated rings. The molecular formula is C20H20N4O3S2. The first kappa shape index (κ1) is 20.9. The molecule has 2 aromatic heterocycles. The highest BCUT2D eigenvalue weighted by Gasteiger charge is 2.24. The maximum absolute atomic E-state index is 13.0. The van der Waals surface area contributed by atoms with E-state index in [0.29, 0.717) is 27.4 Å². The van der Waals surface area contributed by atoms with Crippen LogP contribution < -0.4 is 4.90 Å². The Morgan fingerprint density at radius 3 is 2.55 bits per heavy atom. The van der Waals surface area contributed by atoms with Crippen molar-refractivity contribution in [3.05, 3.63) is 64.9 Å². The average Bonchev–Trinajstić information content (AvgIpc) is 3.13. The second kappa shape index (κ2) is 10.1. The van der Waals surface area contributed by atoms with Crippen molar-refractivity contribution in [3.8, 4) is 0 Å². The number of thioether (sulfide) groups is 1. The molecule has 0 atom stereocenters. The van der Waals surface area contributed by atoms with Crippen molar-refractivity contribution < 1.29 is 14.3 Å². The predicted molar refractivity (Wildman–Crippen MR) is 113 cm³/mol. The highest BCUT2D eigenvalue weighted by Crippen LogP contribution is 2.29. The zero-order valence-electron chi connectivity index (χ0n) is 16.1. The number of amides is 1. The Bertz CT molecular complexity index is 964. The van der Waals surface area contributed by atoms with Crippen molar-refractivity contribution in [1.82, 2.24) is 15.0 Å². The van der Waals surface area contributed by atoms with Gasteiger partial charge in [-0.1, -0.05) is 53.4 Å². The molecular weight excluding hydrogens is 408 g/mol. The van der Waals surface area contributed by atoms with E-state index in [0.717, 1.165) is 16.9 Å². The molecule has 150 valence electrons. The normalized spacial score (nSPS) is 10.6. The molecule has 29 heavy (non-hydrogen) atoms. The summed E-state index contributed by atoms with van der Waals surface area (Å²) in [5, 5.41) is 0.997. The van der Waals surface area contributed by atoms with Crippen LogP contribution in [0.25, 0.3) is 0 Å². The van der Waals surface area contributed by atoms with Crippen LogP contribution in [-0.4, -0.2) is 39.2 Å². The molecule has 3 rings (SSSR count). The minimum Gasteiger partial charge on any atom is -0.462 e. The van der Waals surface area contributed by atoms with Crippen molar-refractivity contribution in [3.63, 3.8) is 0 Å². The van der Waals surface area contributed by atoms with Crippen LogP contribution in [-0.2, 0) is 16.1 Å². The van der Waals surface area contributed by atoms with E-state index in [2.05, 4.69) is 15.0 Å². The second-order valence-corrected chi connectivity index (χ2v) is 7.84. The number of aromatic nitrogens is 3. The van der Waals surface area contributed by atoms with Crippen LogP contribution in [0.15, 0.2) is 53.9 Å². The maximum atomic E-state index is 13.0. The number of anilines is 1. The lowest BCUT2D eigenvalue weighted by atomic mass is 10.2. The van der Waals surface area contributed by atoms with Gasteiger partial charge in [0.15, 0.2) is 10.3 Å². The first-order chi connectivity index (χ1) is 14.1. The van der Waals surface area contributed by atoms with Gasteiger partial charge in [0, 0.05) is 12.4 Å². The summed E-state index contributed by atoms with van der Waals surface area (Å²) in [6.45, 7) is 4.13. The Balaban J connectivity index is 1.83. The zero-order valence-corrected chi connectivity index (χ0v) is 17.7. The number of hydrogen-bond acceptors (Lipinski definition) is 8. The molecule has 0 N–H and O–H groups in total. The average molecular weight is 429 g/mol. The van der Waals surface area contributed by atoms with Crippen molar-refractivity contribution in [1.29, 1.82) is 0 Å². The number of benzene rings is 1. The molecule has 1 amide bonds. The quantitative estimate of drug-likeness (QED) is 0.307. The summed E-state index contributed by atoms with van der Waals surface area (Å²) < 4.78 is 5.09. The summed E-state index contributed by atoms with van der Waals surface area (Å²) >= 11 is 2.42. The standard InChI is InChI=1S/C20H20N4O3S2/c1-3-27-18(26)17-14(2)23-20(29-17)24(12-15-8-5-4-6-9-15)16(25)13-28-19-21-10-7-11-22-19/h4-11H,3,12-13H2,1-2H3. The number of esters is 1. The molecule has 7 nitrogen and oxygen atoms in total. The van der Waals surface area contributed by atoms with Crippen molar-refractivity contribution in [2.45, 2.75) is 25.5 Å². The van der Waals surface area contributed by atoms with Gasteiger partial charge in [0.05, 0.1) is 24.6 Å². The lowest BCUT2D eigenvalue weighted by Crippen LogP contribution is -2.32. The Morgan fingerprint density at radius 2 is 1.86 bits per heavy atom. The summed E-state index contributed by atoms with van der Waals surface area (Å²) in [5.74, 6) is -0.409. The van der Waals surface area contributed by atoms with Gasteiger partial charge in [-0.15, -0.1) is 0 Å². The van der Waals surface area contributed by atoms with Gasteiger partial charge in [0.2, 0.25) is 5.91 Å². The van der Waals surface area contributed by atoms with E-state index in [4.69, 9.17) is 4.74 Å². The molecule has 0 unspecified atom stereocenters. The molecule has 9 heteroatoms. The fraction of sp³-hybridized carbons (Fsp3) is 0.250. The van der Waals surface area contributed by atoms with Gasteiger partial charge < -0.3 is 4.74 Å². The molecule has 0 spiro atoms. The summed E-state index contributed by atoms with van der Waals surface area (Å²) in [5.41, 5.74) is 1.51. The van der Waals surface area contributed by atoms with E-state index < -0.39 is 5.97 Å². The fourth-order valence-corrected chi connectivity index (χ4v) is 4.13. The summed E-state index contributed by atoms with van der Waals surface area (Å²) in [6.07, 6.45) is 3.27. The fourth-order valence-electron chi connectivity index (χ4n) is 2.48. The first-order valence-electron chi connectivity index (χ1n) is 8.97. The SMILES string of the molecule is CCOC(=O)c1sc(N(Cc2ccccc2)C(=O)CSc2ncccn2)nc1C. The van der Waals surface area contributed by atoms with E-state index in [9.17, 15) is 9.59 Å². The Morgan fingerprint density at radius 1 is 1.14 bits per heavy atom. The van der Waals surface area contributed by atoms with Crippen molar-refractivity contribution >= 4 is 40.1 Å². The number of hydrogen-bond donors (Lipinski definition) is 0. The van der Waals surface area contributed by atoms with Crippen LogP contribution in [0.4, 0.5) is 5.13 Å². The molecule has 0 aliphatic carbocycles. The number of thiazole rings is 1. The summed E-state index contributed by atoms with van der Waals surface area (Å²) in [6, 6.07) is 11.4. The number of ether oxygens (including phenoxy) is 1. The van der Waals surface area contributed by atoms with Crippen LogP contribution in [0.1, 0.15) is 27.9 Å². The molecule has 0 saturated heterocycles. The maximum Gasteiger partial charge on any atom is 0.350 e. The van der Waals surface area contributed by atoms with Gasteiger partial charge in [0.1, 0.15) is 4.88 Å². The van der Waals surface area contributed by atoms with E-state index in [1.807, 2.05) is 30.3 Å². The van der Waals surface area contributed by atoms with E-state index in [1.54, 1.807) is 37.2 Å². The third-order valence-electron chi connectivity index (χ3n) is 3.83. The third kappa shape index (κ3) is 5.61. The highest BCUT2D eigenvalue weighted by molar-refractivity contribution is 7.99. The second-order valence-electron chi connectivity index (χ2n) is 5.92. The van der Waals surface area contributed by atoms with Crippen LogP contribution in [0, 0.1) is 6.92 Å². The van der Waals surface area contributed by atoms with Crippen LogP contribution in [0.2, 0.25) is 0 Å². The summed E-state index contributed by atoms with van der Waals surface area (Å²) in [4.78, 5) is 39.9. The smallest absolute Gasteiger partial charge is 0.350 e. The van der Waals surface area contributed by atoms with Gasteiger partial charge in [0.25, 0.3) is 0 Å². The van der Waals surface area contributed by atoms with E-state index in [1.165, 1.54) is 11.8 Å². The van der Waals surface area contributed by atoms with E-state index >= 15 is 0 Å². The monoisotopic (exact) mass is 428 g/mol. The molecule has 1 aromatic carbocycles. The molecule has 0 radical (unpaired) electrons. The van der Waals surface area contributed by atoms with Gasteiger partial charge in [-0.2, -0.15) is 0 Å². The molecule has 0 aliphatic heterocycles. The largest absolute Gasteiger partial charge is 0.462 e. The number of carbonyl (C=O) groups is 2. The Kier molecular flexibility index (Phi) is 7.31. The molecule has 0 saturated carbocycles. The number of aryl methyl sites for hydroxylation is 1. The topological polar surface area (TPSA) is 85.3 Å². The lowest BCUT2D eigenvalue weighted by molar-refractivity contribution is -0.116. The van der Waals surface area contributed by atoms with Gasteiger partial charge in [-0.25, -0.2) is 19.7 Å². The van der Waals surface area contributed by atoms with Crippen LogP contribution in [0.5, 0.6) is 0 Å². The van der Waals surface area contributed by atoms with Crippen molar-refractivity contribution in [2.75, 3.05) is 17.3 Å². The lowest BCUT2D eigenvalue weighted by Gasteiger charge is -2.19. The Labute approximate surface area is 177 Å². The Hall–Kier alpha value is -2.78. The zero-order chi connectivity index (χ0) is 20.6. The van der Waals surface area contributed by atoms with Gasteiger partial charge in [-0.05, 0) is 25.5 Å². The predicted octanol–water partition coefficient (Wildman–Crippen LogP) is 3.74. The highest BCUT2D eigenvalue weighted by atomic mass is 32.2. The molecule has 3 aromatic rings. The van der Waals surface area contributed by atoms with Gasteiger partial charge >= 0.3 is 5.97 Å². The third-order valence-corrected chi connectivity index (χ3v) is 5.85. The number of rotatable bonds is 8. The molecule has 2 heterocycles. The number of nitrogens with zero attached hydrogens (tertiary/aromatic N) is 4. The van der Waals surface area contributed by atoms with Crippen molar-refractivity contribution in [2.24, 2.45) is 0 Å². The van der Waals surface area contributed by atoms with Crippen LogP contribution in [0.3, 0.4) is 0 Å². The minimum atomic E-state index is -0.423. The van der Waals surface area contributed by atoms with E-state index in [-0.39, 0.29) is 18.3 Å². The molecule has 0 bridgehead atoms. The first-order valence-corrected chi connectivity index (χ1v) is 10.8. The minimum absolute atomic E-state index is 0.143. The number of carbonyl (C=O) groups excluding carboxylic acids is 2. The molecule has 0 aliphatic rings. The summed E-state index contributed by atoms with van der Waals surface area (Å²) in [7, 11) is 0. The van der Waals surface area contributed by atoms with Crippen LogP contribution >= 0.6 is 23.1 Å². The van der Waals surface area contributed by atoms with Gasteiger partial charge in [-0.3, -0.25) is 9.69 Å².